The van der Waals surface area contributed by atoms with Crippen LogP contribution < -0.4 is 5.32 Å². The number of para-hydroxylation sites is 1. The van der Waals surface area contributed by atoms with E-state index in [1.54, 1.807) is 10.9 Å². The fourth-order valence-electron chi connectivity index (χ4n) is 3.29. The van der Waals surface area contributed by atoms with Crippen molar-refractivity contribution in [3.05, 3.63) is 77.6 Å². The maximum atomic E-state index is 12.8. The number of benzene rings is 2. The number of carbonyl (C=O) groups excluding carboxylic acids is 1. The van der Waals surface area contributed by atoms with E-state index in [9.17, 15) is 4.79 Å². The van der Waals surface area contributed by atoms with Crippen LogP contribution in [0, 0.1) is 13.8 Å². The minimum absolute atomic E-state index is 0.231. The van der Waals surface area contributed by atoms with Crippen LogP contribution in [0.3, 0.4) is 0 Å². The molecular weight excluding hydrogens is 382 g/mol. The first-order valence-corrected chi connectivity index (χ1v) is 9.99. The predicted molar refractivity (Wildman–Crippen MR) is 116 cm³/mol. The van der Waals surface area contributed by atoms with Crippen molar-refractivity contribution in [2.45, 2.75) is 13.8 Å². The molecule has 0 fully saturated rings. The van der Waals surface area contributed by atoms with Crippen LogP contribution in [-0.2, 0) is 0 Å². The molecule has 29 heavy (non-hydrogen) atoms. The first-order chi connectivity index (χ1) is 14.1. The monoisotopic (exact) mass is 399 g/mol. The molecule has 1 amide bonds. The first-order valence-electron chi connectivity index (χ1n) is 9.18. The normalized spacial score (nSPS) is 11.2. The lowest BCUT2D eigenvalue weighted by molar-refractivity contribution is 0.102. The number of nitrogens with one attached hydrogen (secondary N) is 1. The van der Waals surface area contributed by atoms with Crippen molar-refractivity contribution >= 4 is 43.5 Å². The average molecular weight is 399 g/mol. The van der Waals surface area contributed by atoms with Crippen molar-refractivity contribution in [3.8, 4) is 5.82 Å². The molecule has 2 aromatic carbocycles. The molecule has 0 bridgehead atoms. The van der Waals surface area contributed by atoms with Gasteiger partial charge in [0.05, 0.1) is 33.2 Å². The zero-order chi connectivity index (χ0) is 20.0. The van der Waals surface area contributed by atoms with Crippen molar-refractivity contribution in [1.29, 1.82) is 0 Å². The fraction of sp³-hybridized carbons (Fsp3) is 0.0909. The van der Waals surface area contributed by atoms with Crippen LogP contribution in [0.1, 0.15) is 21.6 Å². The third kappa shape index (κ3) is 3.15. The smallest absolute Gasteiger partial charge is 0.260 e. The summed E-state index contributed by atoms with van der Waals surface area (Å²) in [7, 11) is 0. The van der Waals surface area contributed by atoms with Gasteiger partial charge in [-0.1, -0.05) is 35.6 Å². The van der Waals surface area contributed by atoms with Gasteiger partial charge in [-0.05, 0) is 49.7 Å². The molecule has 3 aromatic heterocycles. The molecule has 0 saturated carbocycles. The van der Waals surface area contributed by atoms with Gasteiger partial charge in [-0.2, -0.15) is 5.10 Å². The molecule has 0 spiro atoms. The Balaban J connectivity index is 1.45. The van der Waals surface area contributed by atoms with Gasteiger partial charge in [0.1, 0.15) is 0 Å². The Kier molecular flexibility index (Phi) is 4.10. The van der Waals surface area contributed by atoms with Crippen LogP contribution in [0.5, 0.6) is 0 Å². The number of hydrogen-bond donors (Lipinski definition) is 1. The lowest BCUT2D eigenvalue weighted by Gasteiger charge is -2.06. The van der Waals surface area contributed by atoms with Crippen LogP contribution in [0.4, 0.5) is 5.13 Å². The van der Waals surface area contributed by atoms with Crippen LogP contribution in [0.15, 0.2) is 60.8 Å². The molecule has 0 unspecified atom stereocenters. The van der Waals surface area contributed by atoms with Crippen LogP contribution in [0.2, 0.25) is 0 Å². The van der Waals surface area contributed by atoms with Gasteiger partial charge in [-0.25, -0.2) is 14.6 Å². The van der Waals surface area contributed by atoms with Crippen molar-refractivity contribution in [2.75, 3.05) is 5.32 Å². The standard InChI is InChI=1S/C22H17N5OS/c1-13-7-9-18-19(11-13)29-22(25-18)26-21(28)16-12-23-27(14(16)2)20-10-8-15-5-3-4-6-17(15)24-20/h3-12H,1-2H3,(H,25,26,28). The summed E-state index contributed by atoms with van der Waals surface area (Å²) in [6.45, 7) is 3.90. The summed E-state index contributed by atoms with van der Waals surface area (Å²) in [5, 5.41) is 8.92. The number of amides is 1. The minimum Gasteiger partial charge on any atom is -0.298 e. The van der Waals surface area contributed by atoms with Crippen LogP contribution in [-0.4, -0.2) is 25.7 Å². The van der Waals surface area contributed by atoms with Crippen LogP contribution in [0.25, 0.3) is 26.9 Å². The zero-order valence-electron chi connectivity index (χ0n) is 15.9. The third-order valence-electron chi connectivity index (χ3n) is 4.82. The number of pyridine rings is 1. The van der Waals surface area contributed by atoms with Crippen molar-refractivity contribution in [1.82, 2.24) is 19.7 Å². The predicted octanol–water partition coefficient (Wildman–Crippen LogP) is 4.90. The van der Waals surface area contributed by atoms with E-state index in [1.165, 1.54) is 16.9 Å². The molecule has 0 radical (unpaired) electrons. The molecule has 142 valence electrons. The summed E-state index contributed by atoms with van der Waals surface area (Å²) in [5.41, 5.74) is 4.15. The van der Waals surface area contributed by atoms with Gasteiger partial charge in [-0.3, -0.25) is 10.1 Å². The van der Waals surface area contributed by atoms with Crippen molar-refractivity contribution in [2.24, 2.45) is 0 Å². The van der Waals surface area contributed by atoms with Gasteiger partial charge < -0.3 is 0 Å². The molecule has 1 N–H and O–H groups in total. The molecule has 7 heteroatoms. The van der Waals surface area contributed by atoms with E-state index >= 15 is 0 Å². The topological polar surface area (TPSA) is 72.7 Å². The van der Waals surface area contributed by atoms with E-state index in [2.05, 4.69) is 26.4 Å². The molecule has 5 rings (SSSR count). The second kappa shape index (κ2) is 6.79. The van der Waals surface area contributed by atoms with Gasteiger partial charge in [0.25, 0.3) is 5.91 Å². The molecular formula is C22H17N5OS. The number of fused-ring (bicyclic) bond motifs is 2. The molecule has 0 atom stereocenters. The number of aromatic nitrogens is 4. The van der Waals surface area contributed by atoms with Gasteiger partial charge in [0, 0.05) is 5.39 Å². The van der Waals surface area contributed by atoms with Crippen molar-refractivity contribution in [3.63, 3.8) is 0 Å². The number of thiazole rings is 1. The fourth-order valence-corrected chi connectivity index (χ4v) is 4.25. The summed E-state index contributed by atoms with van der Waals surface area (Å²) in [4.78, 5) is 22.0. The zero-order valence-corrected chi connectivity index (χ0v) is 16.7. The van der Waals surface area contributed by atoms with Crippen molar-refractivity contribution < 1.29 is 4.79 Å². The molecule has 0 aliphatic carbocycles. The molecule has 0 saturated heterocycles. The highest BCUT2D eigenvalue weighted by atomic mass is 32.1. The highest BCUT2D eigenvalue weighted by molar-refractivity contribution is 7.22. The minimum atomic E-state index is -0.231. The van der Waals surface area contributed by atoms with Gasteiger partial charge in [-0.15, -0.1) is 0 Å². The van der Waals surface area contributed by atoms with Gasteiger partial charge >= 0.3 is 0 Å². The number of rotatable bonds is 3. The molecule has 6 nitrogen and oxygen atoms in total. The number of anilines is 1. The molecule has 0 aliphatic rings. The third-order valence-corrected chi connectivity index (χ3v) is 5.75. The molecule has 3 heterocycles. The Morgan fingerprint density at radius 3 is 2.76 bits per heavy atom. The van der Waals surface area contributed by atoms with E-state index in [0.29, 0.717) is 16.5 Å². The van der Waals surface area contributed by atoms with Gasteiger partial charge in [0.2, 0.25) is 0 Å². The Labute approximate surface area is 170 Å². The van der Waals surface area contributed by atoms with Crippen LogP contribution >= 0.6 is 11.3 Å². The SMILES string of the molecule is Cc1ccc2nc(NC(=O)c3cnn(-c4ccc5ccccc5n4)c3C)sc2c1. The molecule has 5 aromatic rings. The number of carbonyl (C=O) groups is 1. The quantitative estimate of drug-likeness (QED) is 0.468. The Morgan fingerprint density at radius 1 is 1.00 bits per heavy atom. The Morgan fingerprint density at radius 2 is 1.86 bits per heavy atom. The lowest BCUT2D eigenvalue weighted by atomic mass is 10.2. The maximum absolute atomic E-state index is 12.8. The summed E-state index contributed by atoms with van der Waals surface area (Å²) >= 11 is 1.46. The second-order valence-electron chi connectivity index (χ2n) is 6.86. The summed E-state index contributed by atoms with van der Waals surface area (Å²) in [6.07, 6.45) is 1.57. The Bertz CT molecular complexity index is 1380. The first kappa shape index (κ1) is 17.5. The summed E-state index contributed by atoms with van der Waals surface area (Å²) in [6, 6.07) is 17.9. The van der Waals surface area contributed by atoms with E-state index in [4.69, 9.17) is 0 Å². The number of nitrogens with zero attached hydrogens (tertiary/aromatic N) is 4. The summed E-state index contributed by atoms with van der Waals surface area (Å²) in [5.74, 6) is 0.445. The lowest BCUT2D eigenvalue weighted by Crippen LogP contribution is -2.13. The van der Waals surface area contributed by atoms with E-state index in [0.717, 1.165) is 26.8 Å². The van der Waals surface area contributed by atoms with E-state index in [-0.39, 0.29) is 5.91 Å². The highest BCUT2D eigenvalue weighted by Gasteiger charge is 2.17. The van der Waals surface area contributed by atoms with Gasteiger partial charge in [0.15, 0.2) is 10.9 Å². The largest absolute Gasteiger partial charge is 0.298 e. The Hall–Kier alpha value is -3.58. The highest BCUT2D eigenvalue weighted by Crippen LogP contribution is 2.27. The number of hydrogen-bond acceptors (Lipinski definition) is 5. The second-order valence-corrected chi connectivity index (χ2v) is 7.89. The summed E-state index contributed by atoms with van der Waals surface area (Å²) < 4.78 is 2.73. The van der Waals surface area contributed by atoms with E-state index in [1.807, 2.05) is 62.4 Å². The average Bonchev–Trinajstić information content (AvgIpc) is 3.30. The molecule has 0 aliphatic heterocycles. The number of aryl methyl sites for hydroxylation is 1. The van der Waals surface area contributed by atoms with E-state index < -0.39 is 0 Å². The maximum Gasteiger partial charge on any atom is 0.260 e.